The summed E-state index contributed by atoms with van der Waals surface area (Å²) in [5, 5.41) is 3.84. The molecule has 2 aromatic rings. The fourth-order valence-corrected chi connectivity index (χ4v) is 3.12. The lowest BCUT2D eigenvalue weighted by Crippen LogP contribution is -2.32. The molecule has 1 aliphatic carbocycles. The van der Waals surface area contributed by atoms with Gasteiger partial charge in [-0.1, -0.05) is 0 Å². The zero-order chi connectivity index (χ0) is 15.5. The molecule has 0 atom stereocenters. The average molecular weight is 317 g/mol. The SMILES string of the molecule is COc1ccc(OC)c(CN(C(=O)c2ccsc2)C2CC2)c1. The summed E-state index contributed by atoms with van der Waals surface area (Å²) < 4.78 is 10.7. The second-order valence-corrected chi connectivity index (χ2v) is 6.13. The highest BCUT2D eigenvalue weighted by atomic mass is 32.1. The van der Waals surface area contributed by atoms with Crippen LogP contribution in [-0.2, 0) is 6.54 Å². The fraction of sp³-hybridized carbons (Fsp3) is 0.353. The van der Waals surface area contributed by atoms with Crippen LogP contribution < -0.4 is 9.47 Å². The molecule has 3 rings (SSSR count). The number of carbonyl (C=O) groups is 1. The number of methoxy groups -OCH3 is 2. The largest absolute Gasteiger partial charge is 0.497 e. The minimum atomic E-state index is 0.0913. The Labute approximate surface area is 134 Å². The van der Waals surface area contributed by atoms with Crippen LogP contribution in [0.3, 0.4) is 0 Å². The van der Waals surface area contributed by atoms with Crippen LogP contribution in [0.25, 0.3) is 0 Å². The standard InChI is InChI=1S/C17H19NO3S/c1-20-15-5-6-16(21-2)13(9-15)10-18(14-3-4-14)17(19)12-7-8-22-11-12/h5-9,11,14H,3-4,10H2,1-2H3. The van der Waals surface area contributed by atoms with Gasteiger partial charge in [0.05, 0.1) is 26.3 Å². The van der Waals surface area contributed by atoms with Gasteiger partial charge in [0.15, 0.2) is 0 Å². The van der Waals surface area contributed by atoms with Crippen LogP contribution >= 0.6 is 11.3 Å². The van der Waals surface area contributed by atoms with Gasteiger partial charge >= 0.3 is 0 Å². The van der Waals surface area contributed by atoms with Crippen molar-refractivity contribution in [1.82, 2.24) is 4.90 Å². The van der Waals surface area contributed by atoms with Crippen molar-refractivity contribution < 1.29 is 14.3 Å². The second kappa shape index (κ2) is 6.40. The first kappa shape index (κ1) is 14.9. The molecular weight excluding hydrogens is 298 g/mol. The number of hydrogen-bond donors (Lipinski definition) is 0. The van der Waals surface area contributed by atoms with E-state index in [1.165, 1.54) is 0 Å². The Morgan fingerprint density at radius 3 is 2.68 bits per heavy atom. The molecule has 1 fully saturated rings. The monoisotopic (exact) mass is 317 g/mol. The third-order valence-corrected chi connectivity index (χ3v) is 4.53. The van der Waals surface area contributed by atoms with Gasteiger partial charge in [0.1, 0.15) is 11.5 Å². The number of rotatable bonds is 6. The normalized spacial score (nSPS) is 13.7. The van der Waals surface area contributed by atoms with Gasteiger partial charge in [0.25, 0.3) is 5.91 Å². The molecule has 0 bridgehead atoms. The van der Waals surface area contributed by atoms with E-state index < -0.39 is 0 Å². The van der Waals surface area contributed by atoms with E-state index in [1.807, 2.05) is 39.9 Å². The topological polar surface area (TPSA) is 38.8 Å². The molecule has 1 amide bonds. The van der Waals surface area contributed by atoms with E-state index in [2.05, 4.69) is 0 Å². The van der Waals surface area contributed by atoms with Crippen molar-refractivity contribution in [3.8, 4) is 11.5 Å². The van der Waals surface area contributed by atoms with E-state index in [1.54, 1.807) is 25.6 Å². The summed E-state index contributed by atoms with van der Waals surface area (Å²) in [6.07, 6.45) is 2.14. The van der Waals surface area contributed by atoms with E-state index in [0.717, 1.165) is 35.5 Å². The second-order valence-electron chi connectivity index (χ2n) is 5.35. The smallest absolute Gasteiger partial charge is 0.255 e. The molecule has 116 valence electrons. The summed E-state index contributed by atoms with van der Waals surface area (Å²) in [6, 6.07) is 7.90. The summed E-state index contributed by atoms with van der Waals surface area (Å²) in [6.45, 7) is 0.541. The number of carbonyl (C=O) groups excluding carboxylic acids is 1. The molecule has 1 aliphatic rings. The van der Waals surface area contributed by atoms with E-state index in [-0.39, 0.29) is 5.91 Å². The predicted molar refractivity (Wildman–Crippen MR) is 86.8 cm³/mol. The van der Waals surface area contributed by atoms with Crippen molar-refractivity contribution in [2.24, 2.45) is 0 Å². The quantitative estimate of drug-likeness (QED) is 0.817. The van der Waals surface area contributed by atoms with Crippen LogP contribution in [0.15, 0.2) is 35.0 Å². The molecule has 0 unspecified atom stereocenters. The number of benzene rings is 1. The number of hydrogen-bond acceptors (Lipinski definition) is 4. The maximum atomic E-state index is 12.7. The van der Waals surface area contributed by atoms with Crippen molar-refractivity contribution >= 4 is 17.2 Å². The molecule has 1 aromatic heterocycles. The minimum absolute atomic E-state index is 0.0913. The van der Waals surface area contributed by atoms with Crippen molar-refractivity contribution in [1.29, 1.82) is 0 Å². The molecule has 0 saturated heterocycles. The lowest BCUT2D eigenvalue weighted by molar-refractivity contribution is 0.0729. The van der Waals surface area contributed by atoms with E-state index in [0.29, 0.717) is 12.6 Å². The third kappa shape index (κ3) is 3.09. The zero-order valence-electron chi connectivity index (χ0n) is 12.7. The van der Waals surface area contributed by atoms with Gasteiger partial charge in [-0.3, -0.25) is 4.79 Å². The number of amides is 1. The Bertz CT molecular complexity index is 650. The first-order chi connectivity index (χ1) is 10.7. The lowest BCUT2D eigenvalue weighted by Gasteiger charge is -2.23. The van der Waals surface area contributed by atoms with Crippen LogP contribution in [0.1, 0.15) is 28.8 Å². The maximum Gasteiger partial charge on any atom is 0.255 e. The molecule has 0 aliphatic heterocycles. The van der Waals surface area contributed by atoms with Gasteiger partial charge < -0.3 is 14.4 Å². The summed E-state index contributed by atoms with van der Waals surface area (Å²) in [4.78, 5) is 14.7. The van der Waals surface area contributed by atoms with Crippen molar-refractivity contribution in [2.75, 3.05) is 14.2 Å². The molecule has 22 heavy (non-hydrogen) atoms. The van der Waals surface area contributed by atoms with Crippen LogP contribution in [-0.4, -0.2) is 31.1 Å². The lowest BCUT2D eigenvalue weighted by atomic mass is 10.1. The van der Waals surface area contributed by atoms with Crippen molar-refractivity contribution in [3.63, 3.8) is 0 Å². The number of ether oxygens (including phenoxy) is 2. The van der Waals surface area contributed by atoms with Gasteiger partial charge in [-0.2, -0.15) is 11.3 Å². The Kier molecular flexibility index (Phi) is 4.34. The highest BCUT2D eigenvalue weighted by Gasteiger charge is 2.33. The van der Waals surface area contributed by atoms with Crippen LogP contribution in [0.2, 0.25) is 0 Å². The van der Waals surface area contributed by atoms with Gasteiger partial charge in [0.2, 0.25) is 0 Å². The van der Waals surface area contributed by atoms with Gasteiger partial charge in [-0.25, -0.2) is 0 Å². The van der Waals surface area contributed by atoms with Crippen LogP contribution in [0.5, 0.6) is 11.5 Å². The Morgan fingerprint density at radius 2 is 2.09 bits per heavy atom. The summed E-state index contributed by atoms with van der Waals surface area (Å²) in [5.74, 6) is 1.65. The molecule has 1 aromatic carbocycles. The van der Waals surface area contributed by atoms with E-state index in [9.17, 15) is 4.79 Å². The van der Waals surface area contributed by atoms with Gasteiger partial charge in [-0.05, 0) is 42.5 Å². The third-order valence-electron chi connectivity index (χ3n) is 3.84. The van der Waals surface area contributed by atoms with E-state index in [4.69, 9.17) is 9.47 Å². The van der Waals surface area contributed by atoms with Crippen molar-refractivity contribution in [2.45, 2.75) is 25.4 Å². The number of nitrogens with zero attached hydrogens (tertiary/aromatic N) is 1. The summed E-state index contributed by atoms with van der Waals surface area (Å²) in [7, 11) is 3.29. The molecule has 0 radical (unpaired) electrons. The van der Waals surface area contributed by atoms with Crippen LogP contribution in [0.4, 0.5) is 0 Å². The molecular formula is C17H19NO3S. The molecule has 0 spiro atoms. The summed E-state index contributed by atoms with van der Waals surface area (Å²) >= 11 is 1.55. The highest BCUT2D eigenvalue weighted by Crippen LogP contribution is 2.33. The Morgan fingerprint density at radius 1 is 1.27 bits per heavy atom. The van der Waals surface area contributed by atoms with Gasteiger partial charge in [0, 0.05) is 17.0 Å². The Hall–Kier alpha value is -2.01. The summed E-state index contributed by atoms with van der Waals surface area (Å²) in [5.41, 5.74) is 1.73. The highest BCUT2D eigenvalue weighted by molar-refractivity contribution is 7.08. The Balaban J connectivity index is 1.86. The molecule has 1 saturated carbocycles. The molecule has 4 nitrogen and oxygen atoms in total. The van der Waals surface area contributed by atoms with Crippen molar-refractivity contribution in [3.05, 3.63) is 46.2 Å². The van der Waals surface area contributed by atoms with Crippen LogP contribution in [0, 0.1) is 0 Å². The fourth-order valence-electron chi connectivity index (χ4n) is 2.49. The van der Waals surface area contributed by atoms with Gasteiger partial charge in [-0.15, -0.1) is 0 Å². The average Bonchev–Trinajstić information content (AvgIpc) is 3.24. The predicted octanol–water partition coefficient (Wildman–Crippen LogP) is 3.57. The molecule has 0 N–H and O–H groups in total. The number of thiophene rings is 1. The first-order valence-electron chi connectivity index (χ1n) is 7.27. The van der Waals surface area contributed by atoms with E-state index >= 15 is 0 Å². The first-order valence-corrected chi connectivity index (χ1v) is 8.21. The molecule has 1 heterocycles. The zero-order valence-corrected chi connectivity index (χ0v) is 13.6. The minimum Gasteiger partial charge on any atom is -0.497 e. The molecule has 5 heteroatoms. The maximum absolute atomic E-state index is 12.7.